The summed E-state index contributed by atoms with van der Waals surface area (Å²) >= 11 is 0. The normalized spacial score (nSPS) is 16.5. The molecule has 2 aliphatic heterocycles. The topological polar surface area (TPSA) is 137 Å². The summed E-state index contributed by atoms with van der Waals surface area (Å²) in [5.41, 5.74) is -0.218. The lowest BCUT2D eigenvalue weighted by atomic mass is 10.0. The molecule has 31 heavy (non-hydrogen) atoms. The van der Waals surface area contributed by atoms with E-state index in [-0.39, 0.29) is 36.1 Å². The van der Waals surface area contributed by atoms with Crippen molar-refractivity contribution in [2.24, 2.45) is 0 Å². The lowest BCUT2D eigenvalue weighted by molar-refractivity contribution is -0.385. The van der Waals surface area contributed by atoms with E-state index in [9.17, 15) is 24.5 Å². The molecule has 158 valence electrons. The number of nitro benzene ring substituents is 1. The van der Waals surface area contributed by atoms with E-state index in [4.69, 9.17) is 14.2 Å². The molecule has 0 aliphatic carbocycles. The van der Waals surface area contributed by atoms with Crippen molar-refractivity contribution in [2.45, 2.75) is 6.54 Å². The number of hydrogen-bond acceptors (Lipinski definition) is 8. The molecular weight excluding hydrogens is 410 g/mol. The highest BCUT2D eigenvalue weighted by Gasteiger charge is 2.36. The van der Waals surface area contributed by atoms with E-state index in [0.29, 0.717) is 11.3 Å². The van der Waals surface area contributed by atoms with Crippen LogP contribution in [0.3, 0.4) is 0 Å². The molecule has 0 atom stereocenters. The highest BCUT2D eigenvalue weighted by atomic mass is 16.7. The lowest BCUT2D eigenvalue weighted by Crippen LogP contribution is -2.53. The second-order valence-electron chi connectivity index (χ2n) is 6.58. The van der Waals surface area contributed by atoms with Gasteiger partial charge in [-0.05, 0) is 29.8 Å². The van der Waals surface area contributed by atoms with Crippen LogP contribution in [0.25, 0.3) is 6.08 Å². The predicted molar refractivity (Wildman–Crippen MR) is 104 cm³/mol. The van der Waals surface area contributed by atoms with Gasteiger partial charge in [-0.3, -0.25) is 29.9 Å². The Kier molecular flexibility index (Phi) is 4.99. The van der Waals surface area contributed by atoms with Crippen LogP contribution in [0.1, 0.15) is 11.1 Å². The van der Waals surface area contributed by atoms with Gasteiger partial charge in [-0.15, -0.1) is 0 Å². The number of nitrogens with zero attached hydrogens (tertiary/aromatic N) is 2. The van der Waals surface area contributed by atoms with E-state index < -0.39 is 28.3 Å². The van der Waals surface area contributed by atoms with Crippen LogP contribution in [0.5, 0.6) is 17.2 Å². The quantitative estimate of drug-likeness (QED) is 0.332. The zero-order valence-electron chi connectivity index (χ0n) is 16.1. The van der Waals surface area contributed by atoms with Gasteiger partial charge in [-0.1, -0.05) is 12.1 Å². The van der Waals surface area contributed by atoms with Gasteiger partial charge < -0.3 is 14.2 Å². The minimum atomic E-state index is -0.951. The zero-order chi connectivity index (χ0) is 22.1. The predicted octanol–water partition coefficient (Wildman–Crippen LogP) is 1.99. The number of benzene rings is 2. The van der Waals surface area contributed by atoms with Gasteiger partial charge in [0.2, 0.25) is 6.79 Å². The van der Waals surface area contributed by atoms with Crippen LogP contribution < -0.4 is 19.5 Å². The standard InChI is InChI=1S/C20H15N3O8/c1-29-13-4-2-11(3-5-13)9-22-19(25)14(18(24)21-20(22)26)6-12-7-16-17(31-10-30-16)8-15(12)23(27)28/h2-8H,9-10H2,1H3,(H,21,24,26)/b14-6+. The summed E-state index contributed by atoms with van der Waals surface area (Å²) in [6, 6.07) is 8.24. The Morgan fingerprint density at radius 3 is 2.48 bits per heavy atom. The molecule has 11 heteroatoms. The van der Waals surface area contributed by atoms with Crippen LogP contribution in [-0.2, 0) is 16.1 Å². The first-order chi connectivity index (χ1) is 14.9. The molecule has 1 N–H and O–H groups in total. The maximum Gasteiger partial charge on any atom is 0.331 e. The number of carbonyl (C=O) groups is 3. The van der Waals surface area contributed by atoms with Crippen LogP contribution in [0.4, 0.5) is 10.5 Å². The first kappa shape index (κ1) is 19.9. The van der Waals surface area contributed by atoms with Crippen molar-refractivity contribution in [3.05, 3.63) is 63.2 Å². The van der Waals surface area contributed by atoms with Gasteiger partial charge in [0.05, 0.1) is 30.2 Å². The number of imide groups is 2. The molecule has 2 aromatic carbocycles. The number of barbiturate groups is 1. The Morgan fingerprint density at radius 2 is 1.84 bits per heavy atom. The van der Waals surface area contributed by atoms with Gasteiger partial charge in [0.25, 0.3) is 17.5 Å². The van der Waals surface area contributed by atoms with Crippen LogP contribution in [0, 0.1) is 10.1 Å². The second kappa shape index (κ2) is 7.78. The smallest absolute Gasteiger partial charge is 0.331 e. The van der Waals surface area contributed by atoms with Crippen LogP contribution in [-0.4, -0.2) is 41.6 Å². The molecule has 0 aromatic heterocycles. The summed E-state index contributed by atoms with van der Waals surface area (Å²) in [4.78, 5) is 49.1. The summed E-state index contributed by atoms with van der Waals surface area (Å²) in [5.74, 6) is -0.801. The van der Waals surface area contributed by atoms with Gasteiger partial charge >= 0.3 is 6.03 Å². The summed E-state index contributed by atoms with van der Waals surface area (Å²) in [6.45, 7) is -0.210. The highest BCUT2D eigenvalue weighted by molar-refractivity contribution is 6.31. The molecule has 0 saturated carbocycles. The van der Waals surface area contributed by atoms with Crippen LogP contribution >= 0.6 is 0 Å². The van der Waals surface area contributed by atoms with E-state index in [0.717, 1.165) is 17.0 Å². The van der Waals surface area contributed by atoms with Crippen molar-refractivity contribution >= 4 is 29.6 Å². The zero-order valence-corrected chi connectivity index (χ0v) is 16.1. The van der Waals surface area contributed by atoms with Crippen molar-refractivity contribution in [1.29, 1.82) is 0 Å². The van der Waals surface area contributed by atoms with Crippen molar-refractivity contribution < 1.29 is 33.5 Å². The van der Waals surface area contributed by atoms with Crippen molar-refractivity contribution in [1.82, 2.24) is 10.2 Å². The van der Waals surface area contributed by atoms with Crippen molar-refractivity contribution in [3.63, 3.8) is 0 Å². The Morgan fingerprint density at radius 1 is 1.16 bits per heavy atom. The van der Waals surface area contributed by atoms with Gasteiger partial charge in [0.1, 0.15) is 11.3 Å². The van der Waals surface area contributed by atoms with Gasteiger partial charge in [0.15, 0.2) is 11.5 Å². The number of methoxy groups -OCH3 is 1. The number of rotatable bonds is 5. The van der Waals surface area contributed by atoms with Crippen LogP contribution in [0.15, 0.2) is 42.0 Å². The Bertz CT molecular complexity index is 1140. The van der Waals surface area contributed by atoms with E-state index in [2.05, 4.69) is 5.32 Å². The molecule has 1 saturated heterocycles. The minimum Gasteiger partial charge on any atom is -0.497 e. The third-order valence-corrected chi connectivity index (χ3v) is 4.70. The summed E-state index contributed by atoms with van der Waals surface area (Å²) in [6.07, 6.45) is 1.06. The molecular formula is C20H15N3O8. The third kappa shape index (κ3) is 3.75. The molecule has 2 aliphatic rings. The Balaban J connectivity index is 1.68. The molecule has 0 spiro atoms. The minimum absolute atomic E-state index is 0.0357. The average Bonchev–Trinajstić information content (AvgIpc) is 3.21. The Labute approximate surface area is 174 Å². The molecule has 0 radical (unpaired) electrons. The third-order valence-electron chi connectivity index (χ3n) is 4.70. The maximum atomic E-state index is 12.9. The van der Waals surface area contributed by atoms with Gasteiger partial charge in [-0.2, -0.15) is 0 Å². The average molecular weight is 425 g/mol. The molecule has 1 fully saturated rings. The molecule has 4 amide bonds. The number of amides is 4. The number of nitrogens with one attached hydrogen (secondary N) is 1. The van der Waals surface area contributed by atoms with Crippen molar-refractivity contribution in [3.8, 4) is 17.2 Å². The van der Waals surface area contributed by atoms with E-state index in [1.165, 1.54) is 13.2 Å². The van der Waals surface area contributed by atoms with E-state index in [1.54, 1.807) is 24.3 Å². The van der Waals surface area contributed by atoms with E-state index >= 15 is 0 Å². The van der Waals surface area contributed by atoms with Gasteiger partial charge in [-0.25, -0.2) is 4.79 Å². The summed E-state index contributed by atoms with van der Waals surface area (Å²) in [5, 5.41) is 13.5. The number of nitro groups is 1. The van der Waals surface area contributed by atoms with E-state index in [1.807, 2.05) is 0 Å². The van der Waals surface area contributed by atoms with Gasteiger partial charge in [0, 0.05) is 0 Å². The molecule has 0 unspecified atom stereocenters. The summed E-state index contributed by atoms with van der Waals surface area (Å²) < 4.78 is 15.4. The SMILES string of the molecule is COc1ccc(CN2C(=O)NC(=O)/C(=C\c3cc4c(cc3[N+](=O)[O-])OCO4)C2=O)cc1. The summed E-state index contributed by atoms with van der Waals surface area (Å²) in [7, 11) is 1.51. The first-order valence-corrected chi connectivity index (χ1v) is 8.97. The molecule has 2 heterocycles. The monoisotopic (exact) mass is 425 g/mol. The maximum absolute atomic E-state index is 12.9. The lowest BCUT2D eigenvalue weighted by Gasteiger charge is -2.26. The fraction of sp³-hybridized carbons (Fsp3) is 0.150. The fourth-order valence-electron chi connectivity index (χ4n) is 3.13. The highest BCUT2D eigenvalue weighted by Crippen LogP contribution is 2.39. The molecule has 4 rings (SSSR count). The molecule has 11 nitrogen and oxygen atoms in total. The molecule has 0 bridgehead atoms. The van der Waals surface area contributed by atoms with Crippen molar-refractivity contribution in [2.75, 3.05) is 13.9 Å². The number of fused-ring (bicyclic) bond motifs is 1. The second-order valence-corrected chi connectivity index (χ2v) is 6.58. The fourth-order valence-corrected chi connectivity index (χ4v) is 3.13. The first-order valence-electron chi connectivity index (χ1n) is 8.97. The largest absolute Gasteiger partial charge is 0.497 e. The number of hydrogen-bond donors (Lipinski definition) is 1. The number of carbonyl (C=O) groups excluding carboxylic acids is 3. The number of urea groups is 1. The molecule has 2 aromatic rings. The van der Waals surface area contributed by atoms with Crippen LogP contribution in [0.2, 0.25) is 0 Å². The Hall–Kier alpha value is -4.41. The number of ether oxygens (including phenoxy) is 3.